The summed E-state index contributed by atoms with van der Waals surface area (Å²) in [6, 6.07) is 9.87. The third-order valence-electron chi connectivity index (χ3n) is 4.09. The van der Waals surface area contributed by atoms with Gasteiger partial charge in [0, 0.05) is 18.5 Å². The van der Waals surface area contributed by atoms with Crippen molar-refractivity contribution < 1.29 is 4.79 Å². The van der Waals surface area contributed by atoms with Gasteiger partial charge in [0.05, 0.1) is 0 Å². The van der Waals surface area contributed by atoms with Gasteiger partial charge in [-0.1, -0.05) is 30.7 Å². The fourth-order valence-electron chi connectivity index (χ4n) is 2.64. The van der Waals surface area contributed by atoms with E-state index in [0.29, 0.717) is 11.6 Å². The monoisotopic (exact) mass is 283 g/mol. The molecule has 1 saturated carbocycles. The molecule has 1 amide bonds. The molecule has 0 aliphatic heterocycles. The van der Waals surface area contributed by atoms with Gasteiger partial charge in [0.15, 0.2) is 0 Å². The van der Waals surface area contributed by atoms with Crippen LogP contribution in [-0.4, -0.2) is 24.0 Å². The summed E-state index contributed by atoms with van der Waals surface area (Å²) in [5, 5.41) is 8.34. The topological polar surface area (TPSA) is 54.0 Å². The van der Waals surface area contributed by atoms with Crippen LogP contribution in [0.1, 0.15) is 36.7 Å². The van der Waals surface area contributed by atoms with Crippen molar-refractivity contribution >= 4 is 22.5 Å². The lowest BCUT2D eigenvalue weighted by atomic mass is 9.85. The maximum Gasteiger partial charge on any atom is 0.270 e. The summed E-state index contributed by atoms with van der Waals surface area (Å²) >= 11 is 0. The average molecular weight is 283 g/mol. The van der Waals surface area contributed by atoms with E-state index in [-0.39, 0.29) is 5.91 Å². The van der Waals surface area contributed by atoms with Crippen LogP contribution in [0.2, 0.25) is 0 Å². The number of benzene rings is 1. The minimum absolute atomic E-state index is 0.0770. The SMILES string of the molecule is CCNc1nc(C(=O)NCC2CCC2)cc2ccccc12. The van der Waals surface area contributed by atoms with E-state index < -0.39 is 0 Å². The second-order valence-corrected chi connectivity index (χ2v) is 5.61. The van der Waals surface area contributed by atoms with Gasteiger partial charge in [0.25, 0.3) is 5.91 Å². The van der Waals surface area contributed by atoms with Crippen LogP contribution < -0.4 is 10.6 Å². The van der Waals surface area contributed by atoms with Crippen molar-refractivity contribution in [2.75, 3.05) is 18.4 Å². The molecule has 1 aromatic carbocycles. The van der Waals surface area contributed by atoms with Gasteiger partial charge in [0.2, 0.25) is 0 Å². The fraction of sp³-hybridized carbons (Fsp3) is 0.412. The molecule has 1 aliphatic rings. The Morgan fingerprint density at radius 3 is 2.86 bits per heavy atom. The van der Waals surface area contributed by atoms with E-state index in [1.165, 1.54) is 19.3 Å². The zero-order chi connectivity index (χ0) is 14.7. The molecule has 0 bridgehead atoms. The van der Waals surface area contributed by atoms with E-state index in [9.17, 15) is 4.79 Å². The first-order valence-corrected chi connectivity index (χ1v) is 7.69. The third-order valence-corrected chi connectivity index (χ3v) is 4.09. The Morgan fingerprint density at radius 2 is 2.14 bits per heavy atom. The molecule has 21 heavy (non-hydrogen) atoms. The van der Waals surface area contributed by atoms with Gasteiger partial charge in [-0.2, -0.15) is 0 Å². The first-order chi connectivity index (χ1) is 10.3. The zero-order valence-electron chi connectivity index (χ0n) is 12.4. The smallest absolute Gasteiger partial charge is 0.270 e. The zero-order valence-corrected chi connectivity index (χ0v) is 12.4. The summed E-state index contributed by atoms with van der Waals surface area (Å²) in [6.45, 7) is 3.58. The van der Waals surface area contributed by atoms with E-state index in [1.54, 1.807) is 0 Å². The number of hydrogen-bond donors (Lipinski definition) is 2. The summed E-state index contributed by atoms with van der Waals surface area (Å²) in [7, 11) is 0. The molecule has 1 aliphatic carbocycles. The van der Waals surface area contributed by atoms with Gasteiger partial charge in [0.1, 0.15) is 11.5 Å². The molecule has 0 spiro atoms. The number of pyridine rings is 1. The quantitative estimate of drug-likeness (QED) is 0.886. The molecule has 0 saturated heterocycles. The highest BCUT2D eigenvalue weighted by molar-refractivity contribution is 6.00. The van der Waals surface area contributed by atoms with Crippen LogP contribution in [0, 0.1) is 5.92 Å². The second-order valence-electron chi connectivity index (χ2n) is 5.61. The lowest BCUT2D eigenvalue weighted by Crippen LogP contribution is -2.32. The summed E-state index contributed by atoms with van der Waals surface area (Å²) in [4.78, 5) is 16.8. The largest absolute Gasteiger partial charge is 0.370 e. The maximum absolute atomic E-state index is 12.3. The Balaban J connectivity index is 1.84. The van der Waals surface area contributed by atoms with Crippen molar-refractivity contribution in [3.8, 4) is 0 Å². The lowest BCUT2D eigenvalue weighted by Gasteiger charge is -2.25. The van der Waals surface area contributed by atoms with Gasteiger partial charge in [-0.15, -0.1) is 0 Å². The normalized spacial score (nSPS) is 14.7. The van der Waals surface area contributed by atoms with Crippen molar-refractivity contribution in [2.24, 2.45) is 5.92 Å². The first kappa shape index (κ1) is 13.9. The lowest BCUT2D eigenvalue weighted by molar-refractivity contribution is 0.0934. The molecule has 1 aromatic heterocycles. The summed E-state index contributed by atoms with van der Waals surface area (Å²) in [6.07, 6.45) is 3.75. The number of aromatic nitrogens is 1. The predicted molar refractivity (Wildman–Crippen MR) is 85.6 cm³/mol. The number of anilines is 1. The molecule has 0 radical (unpaired) electrons. The molecule has 2 N–H and O–H groups in total. The molecule has 1 heterocycles. The number of carbonyl (C=O) groups excluding carboxylic acids is 1. The van der Waals surface area contributed by atoms with Crippen molar-refractivity contribution in [1.82, 2.24) is 10.3 Å². The van der Waals surface area contributed by atoms with Crippen LogP contribution in [0.4, 0.5) is 5.82 Å². The molecule has 0 unspecified atom stereocenters. The van der Waals surface area contributed by atoms with Gasteiger partial charge in [-0.05, 0) is 37.1 Å². The van der Waals surface area contributed by atoms with Crippen LogP contribution in [0.15, 0.2) is 30.3 Å². The predicted octanol–water partition coefficient (Wildman–Crippen LogP) is 3.20. The van der Waals surface area contributed by atoms with Crippen LogP contribution in [0.25, 0.3) is 10.8 Å². The standard InChI is InChI=1S/C17H21N3O/c1-2-18-16-14-9-4-3-8-13(14)10-15(20-16)17(21)19-11-12-6-5-7-12/h3-4,8-10,12H,2,5-7,11H2,1H3,(H,18,20)(H,19,21). The molecule has 110 valence electrons. The molecule has 0 atom stereocenters. The maximum atomic E-state index is 12.3. The highest BCUT2D eigenvalue weighted by Crippen LogP contribution is 2.25. The van der Waals surface area contributed by atoms with Crippen LogP contribution in [0.5, 0.6) is 0 Å². The molecule has 1 fully saturated rings. The third kappa shape index (κ3) is 2.99. The van der Waals surface area contributed by atoms with Gasteiger partial charge < -0.3 is 10.6 Å². The van der Waals surface area contributed by atoms with Crippen LogP contribution in [0.3, 0.4) is 0 Å². The number of nitrogens with one attached hydrogen (secondary N) is 2. The van der Waals surface area contributed by atoms with E-state index >= 15 is 0 Å². The summed E-state index contributed by atoms with van der Waals surface area (Å²) in [5.74, 6) is 1.36. The Morgan fingerprint density at radius 1 is 1.33 bits per heavy atom. The Bertz CT molecular complexity index is 650. The van der Waals surface area contributed by atoms with Crippen molar-refractivity contribution in [1.29, 1.82) is 0 Å². The van der Waals surface area contributed by atoms with E-state index in [0.717, 1.165) is 29.7 Å². The van der Waals surface area contributed by atoms with E-state index in [1.807, 2.05) is 37.3 Å². The number of rotatable bonds is 5. The number of carbonyl (C=O) groups is 1. The summed E-state index contributed by atoms with van der Waals surface area (Å²) < 4.78 is 0. The van der Waals surface area contributed by atoms with Gasteiger partial charge in [-0.3, -0.25) is 4.79 Å². The summed E-state index contributed by atoms with van der Waals surface area (Å²) in [5.41, 5.74) is 0.490. The minimum Gasteiger partial charge on any atom is -0.370 e. The first-order valence-electron chi connectivity index (χ1n) is 7.69. The van der Waals surface area contributed by atoms with Gasteiger partial charge in [-0.25, -0.2) is 4.98 Å². The number of nitrogens with zero attached hydrogens (tertiary/aromatic N) is 1. The molecular formula is C17H21N3O. The number of fused-ring (bicyclic) bond motifs is 1. The van der Waals surface area contributed by atoms with Gasteiger partial charge >= 0.3 is 0 Å². The molecular weight excluding hydrogens is 262 g/mol. The Hall–Kier alpha value is -2.10. The fourth-order valence-corrected chi connectivity index (χ4v) is 2.64. The molecule has 3 rings (SSSR count). The van der Waals surface area contributed by atoms with E-state index in [4.69, 9.17) is 0 Å². The van der Waals surface area contributed by atoms with Crippen LogP contribution in [-0.2, 0) is 0 Å². The minimum atomic E-state index is -0.0770. The molecule has 4 nitrogen and oxygen atoms in total. The van der Waals surface area contributed by atoms with Crippen molar-refractivity contribution in [2.45, 2.75) is 26.2 Å². The number of hydrogen-bond acceptors (Lipinski definition) is 3. The number of amides is 1. The highest BCUT2D eigenvalue weighted by Gasteiger charge is 2.19. The molecule has 2 aromatic rings. The van der Waals surface area contributed by atoms with Crippen molar-refractivity contribution in [3.63, 3.8) is 0 Å². The second kappa shape index (κ2) is 6.12. The highest BCUT2D eigenvalue weighted by atomic mass is 16.1. The average Bonchev–Trinajstić information content (AvgIpc) is 2.45. The Kier molecular flexibility index (Phi) is 4.04. The van der Waals surface area contributed by atoms with E-state index in [2.05, 4.69) is 15.6 Å². The van der Waals surface area contributed by atoms with Crippen LogP contribution >= 0.6 is 0 Å². The Labute approximate surface area is 125 Å². The van der Waals surface area contributed by atoms with Crippen molar-refractivity contribution in [3.05, 3.63) is 36.0 Å². The molecule has 4 heteroatoms.